The first-order valence-electron chi connectivity index (χ1n) is 20.3. The molecule has 2 N–H and O–H groups in total. The summed E-state index contributed by atoms with van der Waals surface area (Å²) in [5.41, 5.74) is 6.73. The van der Waals surface area contributed by atoms with Crippen LogP contribution in [0.1, 0.15) is 76.5 Å². The van der Waals surface area contributed by atoms with E-state index < -0.39 is 12.1 Å². The third-order valence-corrected chi connectivity index (χ3v) is 12.4. The van der Waals surface area contributed by atoms with Gasteiger partial charge in [0.2, 0.25) is 17.7 Å². The number of pyridine rings is 1. The van der Waals surface area contributed by atoms with Gasteiger partial charge in [-0.15, -0.1) is 21.5 Å². The Bertz CT molecular complexity index is 2580. The van der Waals surface area contributed by atoms with Gasteiger partial charge in [0, 0.05) is 57.6 Å². The van der Waals surface area contributed by atoms with Crippen LogP contribution in [0, 0.1) is 20.8 Å². The number of aryl methyl sites for hydroxylation is 3. The molecule has 14 nitrogen and oxygen atoms in total. The van der Waals surface area contributed by atoms with Crippen LogP contribution >= 0.6 is 22.9 Å². The van der Waals surface area contributed by atoms with Crippen LogP contribution in [0.2, 0.25) is 5.02 Å². The second-order valence-corrected chi connectivity index (χ2v) is 16.6. The molecule has 0 bridgehead atoms. The van der Waals surface area contributed by atoms with Crippen molar-refractivity contribution in [2.24, 2.45) is 4.99 Å². The smallest absolute Gasteiger partial charge is 0.249 e. The van der Waals surface area contributed by atoms with Crippen molar-refractivity contribution >= 4 is 68.3 Å². The average molecular weight is 851 g/mol. The summed E-state index contributed by atoms with van der Waals surface area (Å²) < 4.78 is 21.2. The Kier molecular flexibility index (Phi) is 12.8. The molecule has 6 aromatic rings. The molecule has 2 aromatic carbocycles. The third-order valence-electron chi connectivity index (χ3n) is 10.9. The molecule has 8 rings (SSSR count). The Morgan fingerprint density at radius 2 is 1.72 bits per heavy atom. The predicted molar refractivity (Wildman–Crippen MR) is 230 cm³/mol. The molecule has 60 heavy (non-hydrogen) atoms. The van der Waals surface area contributed by atoms with Gasteiger partial charge in [0.05, 0.1) is 50.7 Å². The second-order valence-electron chi connectivity index (χ2n) is 15.0. The number of hydrogen-bond donors (Lipinski definition) is 2. The van der Waals surface area contributed by atoms with Crippen LogP contribution in [-0.4, -0.2) is 93.9 Å². The average Bonchev–Trinajstić information content (AvgIpc) is 3.85. The lowest BCUT2D eigenvalue weighted by Crippen LogP contribution is -2.41. The molecule has 16 heteroatoms. The molecule has 3 amide bonds. The normalized spacial score (nSPS) is 16.4. The van der Waals surface area contributed by atoms with Crippen LogP contribution in [-0.2, 0) is 35.0 Å². The monoisotopic (exact) mass is 850 g/mol. The van der Waals surface area contributed by atoms with Crippen molar-refractivity contribution in [1.29, 1.82) is 0 Å². The number of thiophene rings is 1. The van der Waals surface area contributed by atoms with Crippen LogP contribution in [0.4, 0.5) is 0 Å². The molecule has 6 heterocycles. The van der Waals surface area contributed by atoms with Crippen LogP contribution in [0.15, 0.2) is 65.8 Å². The molecule has 0 saturated carbocycles. The van der Waals surface area contributed by atoms with Crippen LogP contribution in [0.5, 0.6) is 0 Å². The molecule has 1 saturated heterocycles. The van der Waals surface area contributed by atoms with Crippen molar-refractivity contribution in [2.45, 2.75) is 65.0 Å². The number of amides is 3. The van der Waals surface area contributed by atoms with Crippen molar-refractivity contribution in [3.8, 4) is 5.00 Å². The standard InChI is InChI=1S/C44H47ClN8O6S/c1-26-27(2)60-44-39(26)40(30-9-11-31(45)12-10-30)48-34(42-51-50-28(3)52(42)44)25-38(55)46-17-19-58-21-23-59-22-20-57-18-5-6-29-8-13-35-33(24-29)32-7-4-16-47-41(32)53(35)36-14-15-37(54)49-43(36)56/h4,7-13,16,24,34,36H,5-6,14-15,17-23,25H2,1-3H3,(H,46,55)(H,49,54,56). The predicted octanol–water partition coefficient (Wildman–Crippen LogP) is 6.47. The van der Waals surface area contributed by atoms with Crippen LogP contribution in [0.25, 0.3) is 26.9 Å². The molecule has 2 aliphatic rings. The number of halogens is 1. The van der Waals surface area contributed by atoms with Gasteiger partial charge >= 0.3 is 0 Å². The highest BCUT2D eigenvalue weighted by Gasteiger charge is 2.33. The first-order valence-corrected chi connectivity index (χ1v) is 21.4. The van der Waals surface area contributed by atoms with E-state index in [4.69, 9.17) is 30.8 Å². The number of rotatable bonds is 17. The van der Waals surface area contributed by atoms with Crippen molar-refractivity contribution in [3.63, 3.8) is 0 Å². The highest BCUT2D eigenvalue weighted by Crippen LogP contribution is 2.40. The lowest BCUT2D eigenvalue weighted by molar-refractivity contribution is -0.135. The zero-order valence-electron chi connectivity index (χ0n) is 33.8. The fourth-order valence-electron chi connectivity index (χ4n) is 7.88. The first kappa shape index (κ1) is 41.4. The van der Waals surface area contributed by atoms with Crippen molar-refractivity contribution < 1.29 is 28.6 Å². The van der Waals surface area contributed by atoms with Gasteiger partial charge in [-0.2, -0.15) is 0 Å². The van der Waals surface area contributed by atoms with Gasteiger partial charge in [-0.25, -0.2) is 4.98 Å². The van der Waals surface area contributed by atoms with E-state index >= 15 is 0 Å². The lowest BCUT2D eigenvalue weighted by Gasteiger charge is -2.23. The maximum atomic E-state index is 13.2. The number of carbonyl (C=O) groups is 3. The van der Waals surface area contributed by atoms with Gasteiger partial charge in [0.25, 0.3) is 0 Å². The summed E-state index contributed by atoms with van der Waals surface area (Å²) >= 11 is 7.90. The summed E-state index contributed by atoms with van der Waals surface area (Å²) in [6, 6.07) is 16.8. The maximum Gasteiger partial charge on any atom is 0.249 e. The van der Waals surface area contributed by atoms with Crippen molar-refractivity contribution in [1.82, 2.24) is 34.9 Å². The zero-order chi connectivity index (χ0) is 41.8. The number of benzene rings is 2. The summed E-state index contributed by atoms with van der Waals surface area (Å²) in [5, 5.41) is 18.0. The highest BCUT2D eigenvalue weighted by molar-refractivity contribution is 7.15. The van der Waals surface area contributed by atoms with Gasteiger partial charge in [-0.1, -0.05) is 29.8 Å². The second kappa shape index (κ2) is 18.5. The van der Waals surface area contributed by atoms with Gasteiger partial charge in [0.1, 0.15) is 28.6 Å². The largest absolute Gasteiger partial charge is 0.379 e. The minimum absolute atomic E-state index is 0.107. The van der Waals surface area contributed by atoms with Gasteiger partial charge in [0.15, 0.2) is 5.82 Å². The fourth-order valence-corrected chi connectivity index (χ4v) is 9.22. The van der Waals surface area contributed by atoms with E-state index in [0.717, 1.165) is 68.0 Å². The van der Waals surface area contributed by atoms with E-state index in [2.05, 4.69) is 51.8 Å². The Hall–Kier alpha value is -5.32. The first-order chi connectivity index (χ1) is 29.2. The minimum atomic E-state index is -0.539. The molecule has 4 aromatic heterocycles. The van der Waals surface area contributed by atoms with Crippen LogP contribution in [0.3, 0.4) is 0 Å². The van der Waals surface area contributed by atoms with E-state index in [9.17, 15) is 14.4 Å². The molecular weight excluding hydrogens is 804 g/mol. The van der Waals surface area contributed by atoms with Crippen molar-refractivity contribution in [3.05, 3.63) is 105 Å². The van der Waals surface area contributed by atoms with E-state index in [1.54, 1.807) is 17.5 Å². The summed E-state index contributed by atoms with van der Waals surface area (Å²) in [7, 11) is 0. The summed E-state index contributed by atoms with van der Waals surface area (Å²) in [5.74, 6) is 0.698. The molecular formula is C44H47ClN8O6S. The van der Waals surface area contributed by atoms with E-state index in [1.807, 2.05) is 58.5 Å². The Balaban J connectivity index is 0.740. The molecule has 0 radical (unpaired) electrons. The number of carbonyl (C=O) groups excluding carboxylic acids is 3. The molecule has 2 atom stereocenters. The molecule has 312 valence electrons. The van der Waals surface area contributed by atoms with E-state index in [1.165, 1.54) is 10.4 Å². The molecule has 0 aliphatic carbocycles. The number of nitrogens with zero attached hydrogens (tertiary/aromatic N) is 6. The lowest BCUT2D eigenvalue weighted by atomic mass is 9.99. The molecule has 0 spiro atoms. The zero-order valence-corrected chi connectivity index (χ0v) is 35.4. The number of ether oxygens (including phenoxy) is 3. The molecule has 1 fully saturated rings. The number of aliphatic imine (C=N–C) groups is 1. The quantitative estimate of drug-likeness (QED) is 0.0774. The number of hydrogen-bond acceptors (Lipinski definition) is 11. The Morgan fingerprint density at radius 3 is 2.50 bits per heavy atom. The number of nitrogens with one attached hydrogen (secondary N) is 2. The summed E-state index contributed by atoms with van der Waals surface area (Å²) in [6.45, 7) is 9.16. The van der Waals surface area contributed by atoms with Gasteiger partial charge in [-0.05, 0) is 87.6 Å². The van der Waals surface area contributed by atoms with Crippen molar-refractivity contribution in [2.75, 3.05) is 46.2 Å². The van der Waals surface area contributed by atoms with Gasteiger partial charge in [-0.3, -0.25) is 29.3 Å². The minimum Gasteiger partial charge on any atom is -0.379 e. The number of imide groups is 1. The topological polar surface area (TPSA) is 164 Å². The SMILES string of the molecule is Cc1sc2c(c1C)C(c1ccc(Cl)cc1)=NC(CC(=O)NCCOCCOCCOCCCc1ccc3c(c1)c1cccnc1n3C1CCC(=O)NC1=O)c1nnc(C)n1-2. The Labute approximate surface area is 356 Å². The fraction of sp³-hybridized carbons (Fsp3) is 0.386. The summed E-state index contributed by atoms with van der Waals surface area (Å²) in [4.78, 5) is 48.7. The molecule has 2 unspecified atom stereocenters. The van der Waals surface area contributed by atoms with Gasteiger partial charge < -0.3 is 24.1 Å². The van der Waals surface area contributed by atoms with E-state index in [0.29, 0.717) is 69.9 Å². The highest BCUT2D eigenvalue weighted by atomic mass is 35.5. The number of piperidine rings is 1. The maximum absolute atomic E-state index is 13.2. The molecule has 2 aliphatic heterocycles. The third kappa shape index (κ3) is 8.77. The summed E-state index contributed by atoms with van der Waals surface area (Å²) in [6.07, 6.45) is 4.27. The van der Waals surface area contributed by atoms with E-state index in [-0.39, 0.29) is 24.1 Å². The van der Waals surface area contributed by atoms with Crippen LogP contribution < -0.4 is 10.6 Å². The number of fused-ring (bicyclic) bond motifs is 6. The Morgan fingerprint density at radius 1 is 0.950 bits per heavy atom. The number of aromatic nitrogens is 5.